The summed E-state index contributed by atoms with van der Waals surface area (Å²) in [5, 5.41) is 19.5. The first-order valence-corrected chi connectivity index (χ1v) is 4.54. The second kappa shape index (κ2) is 4.37. The van der Waals surface area contributed by atoms with E-state index in [0.29, 0.717) is 0 Å². The summed E-state index contributed by atoms with van der Waals surface area (Å²) in [6.07, 6.45) is 1.58. The van der Waals surface area contributed by atoms with Gasteiger partial charge in [-0.2, -0.15) is 0 Å². The monoisotopic (exact) mass is 190 g/mol. The van der Waals surface area contributed by atoms with Gasteiger partial charge in [0.25, 0.3) is 0 Å². The molecular weight excluding hydrogens is 168 g/mol. The van der Waals surface area contributed by atoms with Crippen molar-refractivity contribution < 1.29 is 10.3 Å². The van der Waals surface area contributed by atoms with Crippen molar-refractivity contribution in [2.75, 3.05) is 0 Å². The molecule has 13 heavy (non-hydrogen) atoms. The molecule has 1 aliphatic heterocycles. The van der Waals surface area contributed by atoms with E-state index < -0.39 is 0 Å². The molecule has 0 radical (unpaired) electrons. The fourth-order valence-electron chi connectivity index (χ4n) is 2.27. The summed E-state index contributed by atoms with van der Waals surface area (Å²) in [6, 6.07) is 0. The number of hydrogen-bond donors (Lipinski definition) is 4. The van der Waals surface area contributed by atoms with E-state index in [4.69, 9.17) is 5.21 Å². The lowest BCUT2D eigenvalue weighted by Gasteiger charge is -2.44. The Bertz CT molecular complexity index is 142. The fourth-order valence-corrected chi connectivity index (χ4v) is 2.27. The van der Waals surface area contributed by atoms with Crippen molar-refractivity contribution in [2.24, 2.45) is 5.90 Å². The van der Waals surface area contributed by atoms with Crippen LogP contribution in [0.25, 0.3) is 0 Å². The van der Waals surface area contributed by atoms with Crippen LogP contribution in [0.5, 0.6) is 0 Å². The molecule has 1 heterocycles. The van der Waals surface area contributed by atoms with E-state index in [2.05, 4.69) is 38.9 Å². The number of piperidine rings is 1. The highest BCUT2D eigenvalue weighted by molar-refractivity contribution is 4.96. The minimum atomic E-state index is -0.138. The predicted molar refractivity (Wildman–Crippen MR) is 52.5 cm³/mol. The minimum Gasteiger partial charge on any atom is -0.393 e. The summed E-state index contributed by atoms with van der Waals surface area (Å²) in [6.45, 7) is 8.54. The van der Waals surface area contributed by atoms with Gasteiger partial charge in [0.2, 0.25) is 0 Å². The molecule has 0 aromatic heterocycles. The van der Waals surface area contributed by atoms with Crippen molar-refractivity contribution in [2.45, 2.75) is 57.7 Å². The Kier molecular flexibility index (Phi) is 4.32. The molecular formula is C9H22N2O2. The first-order valence-electron chi connectivity index (χ1n) is 4.54. The minimum absolute atomic E-state index is 0.0845. The summed E-state index contributed by atoms with van der Waals surface area (Å²) >= 11 is 0. The van der Waals surface area contributed by atoms with Gasteiger partial charge in [-0.1, -0.05) is 0 Å². The highest BCUT2D eigenvalue weighted by Gasteiger charge is 2.36. The molecule has 1 aliphatic rings. The molecule has 0 bridgehead atoms. The highest BCUT2D eigenvalue weighted by Crippen LogP contribution is 2.27. The Morgan fingerprint density at radius 1 is 1.08 bits per heavy atom. The van der Waals surface area contributed by atoms with Gasteiger partial charge in [0.05, 0.1) is 6.10 Å². The second-order valence-corrected chi connectivity index (χ2v) is 4.95. The van der Waals surface area contributed by atoms with Crippen LogP contribution in [0.4, 0.5) is 0 Å². The van der Waals surface area contributed by atoms with Gasteiger partial charge in [-0.3, -0.25) is 0 Å². The quantitative estimate of drug-likeness (QED) is 0.422. The predicted octanol–water partition coefficient (Wildman–Crippen LogP) is 0.622. The van der Waals surface area contributed by atoms with Crippen molar-refractivity contribution in [1.82, 2.24) is 5.32 Å². The lowest BCUT2D eigenvalue weighted by Crippen LogP contribution is -2.59. The van der Waals surface area contributed by atoms with Crippen LogP contribution in [0.15, 0.2) is 0 Å². The van der Waals surface area contributed by atoms with E-state index in [-0.39, 0.29) is 17.2 Å². The van der Waals surface area contributed by atoms with Gasteiger partial charge in [-0.15, -0.1) is 0 Å². The van der Waals surface area contributed by atoms with Crippen molar-refractivity contribution >= 4 is 0 Å². The van der Waals surface area contributed by atoms with Crippen LogP contribution in [-0.2, 0) is 0 Å². The van der Waals surface area contributed by atoms with Crippen LogP contribution in [0.3, 0.4) is 0 Å². The normalized spacial score (nSPS) is 26.1. The van der Waals surface area contributed by atoms with Crippen molar-refractivity contribution in [1.29, 1.82) is 0 Å². The second-order valence-electron chi connectivity index (χ2n) is 4.95. The maximum atomic E-state index is 9.54. The topological polar surface area (TPSA) is 78.5 Å². The Morgan fingerprint density at radius 2 is 1.38 bits per heavy atom. The molecule has 0 aromatic carbocycles. The van der Waals surface area contributed by atoms with E-state index in [1.807, 2.05) is 0 Å². The third kappa shape index (κ3) is 4.57. The molecule has 0 saturated carbocycles. The van der Waals surface area contributed by atoms with Crippen LogP contribution >= 0.6 is 0 Å². The average Bonchev–Trinajstić information content (AvgIpc) is 1.82. The van der Waals surface area contributed by atoms with Gasteiger partial charge in [0.1, 0.15) is 0 Å². The molecule has 0 aliphatic carbocycles. The Labute approximate surface area is 80.1 Å². The molecule has 5 N–H and O–H groups in total. The zero-order valence-electron chi connectivity index (χ0n) is 8.96. The van der Waals surface area contributed by atoms with Crippen LogP contribution < -0.4 is 11.2 Å². The number of rotatable bonds is 0. The first-order chi connectivity index (χ1) is 5.81. The lowest BCUT2D eigenvalue weighted by atomic mass is 9.81. The van der Waals surface area contributed by atoms with Gasteiger partial charge >= 0.3 is 0 Å². The van der Waals surface area contributed by atoms with E-state index in [9.17, 15) is 5.11 Å². The Balaban J connectivity index is 0.000000671. The first kappa shape index (κ1) is 12.8. The maximum Gasteiger partial charge on any atom is 0.0575 e. The summed E-state index contributed by atoms with van der Waals surface area (Å²) in [5.41, 5.74) is 0.169. The third-order valence-corrected chi connectivity index (χ3v) is 2.17. The van der Waals surface area contributed by atoms with Gasteiger partial charge in [-0.05, 0) is 40.5 Å². The van der Waals surface area contributed by atoms with Crippen LogP contribution in [-0.4, -0.2) is 27.5 Å². The van der Waals surface area contributed by atoms with Gasteiger partial charge in [0.15, 0.2) is 0 Å². The molecule has 0 aromatic rings. The summed E-state index contributed by atoms with van der Waals surface area (Å²) < 4.78 is 0. The van der Waals surface area contributed by atoms with Crippen molar-refractivity contribution in [3.8, 4) is 0 Å². The maximum absolute atomic E-state index is 9.54. The zero-order chi connectivity index (χ0) is 10.7. The molecule has 0 amide bonds. The molecule has 0 unspecified atom stereocenters. The van der Waals surface area contributed by atoms with Gasteiger partial charge in [0, 0.05) is 11.1 Å². The third-order valence-electron chi connectivity index (χ3n) is 2.17. The number of nitrogens with one attached hydrogen (secondary N) is 1. The SMILES string of the molecule is CC1(C)CC(O)CC(C)(C)N1.NO. The van der Waals surface area contributed by atoms with Gasteiger partial charge < -0.3 is 15.6 Å². The zero-order valence-corrected chi connectivity index (χ0v) is 8.96. The lowest BCUT2D eigenvalue weighted by molar-refractivity contribution is 0.0396. The molecule has 4 nitrogen and oxygen atoms in total. The standard InChI is InChI=1S/C9H19NO.H3NO/c1-8(2)5-7(11)6-9(3,4)10-8;1-2/h7,10-11H,5-6H2,1-4H3;2H,1H2. The van der Waals surface area contributed by atoms with E-state index >= 15 is 0 Å². The number of nitrogens with two attached hydrogens (primary N) is 1. The van der Waals surface area contributed by atoms with E-state index in [1.165, 1.54) is 0 Å². The van der Waals surface area contributed by atoms with Crippen molar-refractivity contribution in [3.63, 3.8) is 0 Å². The smallest absolute Gasteiger partial charge is 0.0575 e. The Hall–Kier alpha value is -0.160. The molecule has 4 heteroatoms. The van der Waals surface area contributed by atoms with Crippen LogP contribution in [0.1, 0.15) is 40.5 Å². The number of aliphatic hydroxyl groups is 1. The largest absolute Gasteiger partial charge is 0.393 e. The summed E-state index contributed by atoms with van der Waals surface area (Å²) in [5.74, 6) is 3.50. The Morgan fingerprint density at radius 3 is 1.62 bits per heavy atom. The molecule has 80 valence electrons. The van der Waals surface area contributed by atoms with Crippen LogP contribution in [0, 0.1) is 0 Å². The summed E-state index contributed by atoms with van der Waals surface area (Å²) in [7, 11) is 0. The van der Waals surface area contributed by atoms with Crippen LogP contribution in [0.2, 0.25) is 0 Å². The number of aliphatic hydroxyl groups excluding tert-OH is 1. The molecule has 1 rings (SSSR count). The number of hydrogen-bond acceptors (Lipinski definition) is 4. The van der Waals surface area contributed by atoms with Gasteiger partial charge in [-0.25, -0.2) is 5.90 Å². The molecule has 1 saturated heterocycles. The molecule has 1 fully saturated rings. The summed E-state index contributed by atoms with van der Waals surface area (Å²) in [4.78, 5) is 0. The van der Waals surface area contributed by atoms with Crippen molar-refractivity contribution in [3.05, 3.63) is 0 Å². The van der Waals surface area contributed by atoms with E-state index in [0.717, 1.165) is 12.8 Å². The van der Waals surface area contributed by atoms with E-state index in [1.54, 1.807) is 0 Å². The highest BCUT2D eigenvalue weighted by atomic mass is 16.4. The average molecular weight is 190 g/mol. The molecule has 0 spiro atoms. The fraction of sp³-hybridized carbons (Fsp3) is 1.00. The molecule has 0 atom stereocenters.